The molecular formula is C6H9N3O2S. The van der Waals surface area contributed by atoms with Gasteiger partial charge in [0.05, 0.1) is 6.42 Å². The van der Waals surface area contributed by atoms with E-state index in [1.165, 1.54) is 4.90 Å². The molecule has 2 amide bonds. The van der Waals surface area contributed by atoms with Crippen LogP contribution in [0.2, 0.25) is 0 Å². The minimum atomic E-state index is -0.569. The monoisotopic (exact) mass is 187 g/mol. The molecule has 3 N–H and O–H groups in total. The zero-order valence-corrected chi connectivity index (χ0v) is 7.35. The molecule has 0 radical (unpaired) electrons. The van der Waals surface area contributed by atoms with Crippen molar-refractivity contribution in [1.82, 2.24) is 10.2 Å². The summed E-state index contributed by atoms with van der Waals surface area (Å²) in [5.41, 5.74) is 4.93. The smallest absolute Gasteiger partial charge is 0.251 e. The summed E-state index contributed by atoms with van der Waals surface area (Å²) in [5, 5.41) is 3.03. The lowest BCUT2D eigenvalue weighted by Gasteiger charge is -2.04. The molecule has 6 heteroatoms. The van der Waals surface area contributed by atoms with Gasteiger partial charge in [0, 0.05) is 7.05 Å². The molecule has 12 heavy (non-hydrogen) atoms. The Kier molecular flexibility index (Phi) is 2.27. The average Bonchev–Trinajstić information content (AvgIpc) is 2.17. The van der Waals surface area contributed by atoms with Gasteiger partial charge in [0.2, 0.25) is 5.91 Å². The third-order valence-corrected chi connectivity index (χ3v) is 2.03. The zero-order chi connectivity index (χ0) is 9.30. The third kappa shape index (κ3) is 1.53. The van der Waals surface area contributed by atoms with Gasteiger partial charge in [0.1, 0.15) is 6.04 Å². The summed E-state index contributed by atoms with van der Waals surface area (Å²) in [6, 6.07) is -0.569. The first kappa shape index (κ1) is 8.92. The van der Waals surface area contributed by atoms with Crippen LogP contribution in [0.15, 0.2) is 0 Å². The van der Waals surface area contributed by atoms with E-state index >= 15 is 0 Å². The molecule has 0 aromatic rings. The molecule has 1 saturated heterocycles. The molecule has 1 fully saturated rings. The van der Waals surface area contributed by atoms with Crippen LogP contribution in [0.3, 0.4) is 0 Å². The minimum Gasteiger partial charge on any atom is -0.370 e. The highest BCUT2D eigenvalue weighted by Gasteiger charge is 2.33. The molecule has 0 aromatic carbocycles. The molecule has 5 nitrogen and oxygen atoms in total. The third-order valence-electron chi connectivity index (χ3n) is 1.64. The van der Waals surface area contributed by atoms with Gasteiger partial charge in [0.15, 0.2) is 5.11 Å². The summed E-state index contributed by atoms with van der Waals surface area (Å²) < 4.78 is 0. The van der Waals surface area contributed by atoms with Crippen LogP contribution in [0.4, 0.5) is 0 Å². The second kappa shape index (κ2) is 3.06. The number of rotatable bonds is 2. The molecule has 1 aliphatic heterocycles. The van der Waals surface area contributed by atoms with Crippen LogP contribution in [-0.2, 0) is 9.59 Å². The fraction of sp³-hybridized carbons (Fsp3) is 0.500. The van der Waals surface area contributed by atoms with Crippen molar-refractivity contribution in [1.29, 1.82) is 0 Å². The van der Waals surface area contributed by atoms with Crippen molar-refractivity contribution in [3.63, 3.8) is 0 Å². The van der Waals surface area contributed by atoms with E-state index in [0.29, 0.717) is 5.11 Å². The Balaban J connectivity index is 2.65. The highest BCUT2D eigenvalue weighted by molar-refractivity contribution is 7.80. The Morgan fingerprint density at radius 3 is 2.75 bits per heavy atom. The number of carbonyl (C=O) groups is 2. The highest BCUT2D eigenvalue weighted by Crippen LogP contribution is 2.06. The lowest BCUT2D eigenvalue weighted by molar-refractivity contribution is -0.129. The lowest BCUT2D eigenvalue weighted by atomic mass is 10.2. The molecule has 0 bridgehead atoms. The summed E-state index contributed by atoms with van der Waals surface area (Å²) in [6.07, 6.45) is -0.0106. The first-order valence-corrected chi connectivity index (χ1v) is 3.79. The van der Waals surface area contributed by atoms with Gasteiger partial charge in [0.25, 0.3) is 5.91 Å². The van der Waals surface area contributed by atoms with E-state index in [1.807, 2.05) is 0 Å². The molecule has 1 heterocycles. The van der Waals surface area contributed by atoms with Gasteiger partial charge in [-0.15, -0.1) is 0 Å². The molecule has 0 aliphatic carbocycles. The quantitative estimate of drug-likeness (QED) is 0.520. The van der Waals surface area contributed by atoms with Gasteiger partial charge in [-0.05, 0) is 12.2 Å². The van der Waals surface area contributed by atoms with Gasteiger partial charge in [-0.3, -0.25) is 14.5 Å². The SMILES string of the molecule is CN1C(=O)[C@H](CC(N)=O)NC1=S. The number of nitrogens with one attached hydrogen (secondary N) is 1. The number of nitrogens with two attached hydrogens (primary N) is 1. The van der Waals surface area contributed by atoms with Gasteiger partial charge in [-0.2, -0.15) is 0 Å². The zero-order valence-electron chi connectivity index (χ0n) is 6.53. The summed E-state index contributed by atoms with van der Waals surface area (Å²) in [5.74, 6) is -0.724. The minimum absolute atomic E-state index is 0.0106. The maximum atomic E-state index is 11.2. The van der Waals surface area contributed by atoms with E-state index in [9.17, 15) is 9.59 Å². The van der Waals surface area contributed by atoms with Crippen LogP contribution in [-0.4, -0.2) is 34.9 Å². The van der Waals surface area contributed by atoms with Gasteiger partial charge < -0.3 is 11.1 Å². The maximum Gasteiger partial charge on any atom is 0.251 e. The molecule has 0 unspecified atom stereocenters. The molecule has 1 rings (SSSR count). The van der Waals surface area contributed by atoms with Crippen LogP contribution in [0, 0.1) is 0 Å². The number of likely N-dealkylation sites (N-methyl/N-ethyl adjacent to an activating group) is 1. The summed E-state index contributed by atoms with van der Waals surface area (Å²) >= 11 is 4.79. The second-order valence-electron chi connectivity index (χ2n) is 2.57. The number of primary amides is 1. The van der Waals surface area contributed by atoms with Crippen LogP contribution in [0.5, 0.6) is 0 Å². The van der Waals surface area contributed by atoms with Crippen molar-refractivity contribution in [2.45, 2.75) is 12.5 Å². The number of hydrogen-bond donors (Lipinski definition) is 2. The molecule has 0 saturated carbocycles. The molecule has 66 valence electrons. The molecule has 1 aliphatic rings. The van der Waals surface area contributed by atoms with Crippen molar-refractivity contribution in [2.24, 2.45) is 5.73 Å². The summed E-state index contributed by atoms with van der Waals surface area (Å²) in [6.45, 7) is 0. The van der Waals surface area contributed by atoms with Gasteiger partial charge in [-0.1, -0.05) is 0 Å². The first-order valence-electron chi connectivity index (χ1n) is 3.38. The van der Waals surface area contributed by atoms with E-state index in [0.717, 1.165) is 0 Å². The lowest BCUT2D eigenvalue weighted by Crippen LogP contribution is -2.33. The normalized spacial score (nSPS) is 22.8. The van der Waals surface area contributed by atoms with Crippen molar-refractivity contribution in [2.75, 3.05) is 7.05 Å². The Bertz CT molecular complexity index is 251. The first-order chi connectivity index (χ1) is 5.52. The van der Waals surface area contributed by atoms with Crippen LogP contribution in [0.1, 0.15) is 6.42 Å². The topological polar surface area (TPSA) is 75.4 Å². The largest absolute Gasteiger partial charge is 0.370 e. The number of nitrogens with zero attached hydrogens (tertiary/aromatic N) is 1. The van der Waals surface area contributed by atoms with E-state index in [2.05, 4.69) is 5.32 Å². The van der Waals surface area contributed by atoms with Crippen molar-refractivity contribution in [3.05, 3.63) is 0 Å². The number of thiocarbonyl (C=S) groups is 1. The van der Waals surface area contributed by atoms with Crippen LogP contribution in [0.25, 0.3) is 0 Å². The molecule has 0 aromatic heterocycles. The predicted octanol–water partition coefficient (Wildman–Crippen LogP) is -1.42. The van der Waals surface area contributed by atoms with Crippen molar-refractivity contribution in [3.8, 4) is 0 Å². The fourth-order valence-corrected chi connectivity index (χ4v) is 1.21. The Morgan fingerprint density at radius 2 is 2.42 bits per heavy atom. The summed E-state index contributed by atoms with van der Waals surface area (Å²) in [4.78, 5) is 23.0. The maximum absolute atomic E-state index is 11.2. The van der Waals surface area contributed by atoms with E-state index < -0.39 is 11.9 Å². The van der Waals surface area contributed by atoms with E-state index in [-0.39, 0.29) is 12.3 Å². The van der Waals surface area contributed by atoms with Crippen LogP contribution >= 0.6 is 12.2 Å². The Labute approximate surface area is 74.9 Å². The molecule has 1 atom stereocenters. The highest BCUT2D eigenvalue weighted by atomic mass is 32.1. The van der Waals surface area contributed by atoms with Crippen molar-refractivity contribution < 1.29 is 9.59 Å². The number of carbonyl (C=O) groups excluding carboxylic acids is 2. The van der Waals surface area contributed by atoms with Gasteiger partial charge in [-0.25, -0.2) is 0 Å². The van der Waals surface area contributed by atoms with E-state index in [1.54, 1.807) is 7.05 Å². The van der Waals surface area contributed by atoms with Crippen LogP contribution < -0.4 is 11.1 Å². The second-order valence-corrected chi connectivity index (χ2v) is 2.96. The summed E-state index contributed by atoms with van der Waals surface area (Å²) in [7, 11) is 1.55. The van der Waals surface area contributed by atoms with Gasteiger partial charge >= 0.3 is 0 Å². The molecule has 0 spiro atoms. The van der Waals surface area contributed by atoms with E-state index in [4.69, 9.17) is 18.0 Å². The Hall–Kier alpha value is -1.17. The standard InChI is InChI=1S/C6H9N3O2S/c1-9-5(11)3(2-4(7)10)8-6(9)12/h3H,2H2,1H3,(H2,7,10)(H,8,12)/t3-/m0/s1. The average molecular weight is 187 g/mol. The fourth-order valence-electron chi connectivity index (χ4n) is 0.981. The predicted molar refractivity (Wildman–Crippen MR) is 46.1 cm³/mol. The Morgan fingerprint density at radius 1 is 1.83 bits per heavy atom. The molecular weight excluding hydrogens is 178 g/mol. The number of amides is 2. The van der Waals surface area contributed by atoms with Crippen molar-refractivity contribution >= 4 is 29.1 Å². The number of hydrogen-bond acceptors (Lipinski definition) is 3.